The lowest BCUT2D eigenvalue weighted by atomic mass is 9.84. The monoisotopic (exact) mass is 238 g/mol. The average molecular weight is 238 g/mol. The zero-order valence-corrected chi connectivity index (χ0v) is 11.3. The van der Waals surface area contributed by atoms with E-state index < -0.39 is 12.1 Å². The van der Waals surface area contributed by atoms with Gasteiger partial charge in [0, 0.05) is 6.54 Å². The van der Waals surface area contributed by atoms with Crippen LogP contribution in [0.2, 0.25) is 0 Å². The molecule has 17 heavy (non-hydrogen) atoms. The molecule has 1 N–H and O–H groups in total. The van der Waals surface area contributed by atoms with Crippen molar-refractivity contribution in [2.24, 2.45) is 5.41 Å². The number of piperazine rings is 1. The maximum absolute atomic E-state index is 12.3. The summed E-state index contributed by atoms with van der Waals surface area (Å²) in [6, 6.07) is -0.825. The van der Waals surface area contributed by atoms with E-state index in [2.05, 4.69) is 5.32 Å². The van der Waals surface area contributed by atoms with Gasteiger partial charge < -0.3 is 10.2 Å². The van der Waals surface area contributed by atoms with E-state index in [0.29, 0.717) is 6.54 Å². The SMILES string of the molecule is C/C=C/CN1C(=O)C(C(C)(C)C)NC(=O)C1C. The first-order valence-corrected chi connectivity index (χ1v) is 6.01. The largest absolute Gasteiger partial charge is 0.342 e. The predicted octanol–water partition coefficient (Wildman–Crippen LogP) is 1.32. The molecule has 1 aliphatic rings. The van der Waals surface area contributed by atoms with Crippen molar-refractivity contribution in [3.05, 3.63) is 12.2 Å². The van der Waals surface area contributed by atoms with Gasteiger partial charge in [0.25, 0.3) is 0 Å². The molecule has 4 heteroatoms. The van der Waals surface area contributed by atoms with Crippen molar-refractivity contribution in [2.45, 2.75) is 46.7 Å². The molecule has 96 valence electrons. The Labute approximate surface area is 103 Å². The molecule has 2 atom stereocenters. The molecule has 0 aromatic heterocycles. The maximum Gasteiger partial charge on any atom is 0.246 e. The molecule has 0 saturated carbocycles. The number of carbonyl (C=O) groups excluding carboxylic acids is 2. The molecule has 4 nitrogen and oxygen atoms in total. The van der Waals surface area contributed by atoms with Crippen LogP contribution in [0.25, 0.3) is 0 Å². The second-order valence-corrected chi connectivity index (χ2v) is 5.54. The van der Waals surface area contributed by atoms with Crippen LogP contribution in [0.15, 0.2) is 12.2 Å². The minimum Gasteiger partial charge on any atom is -0.342 e. The van der Waals surface area contributed by atoms with Gasteiger partial charge in [-0.1, -0.05) is 32.9 Å². The fourth-order valence-electron chi connectivity index (χ4n) is 1.88. The van der Waals surface area contributed by atoms with Crippen molar-refractivity contribution < 1.29 is 9.59 Å². The molecule has 1 aliphatic heterocycles. The molecule has 2 amide bonds. The molecular formula is C13H22N2O2. The first-order valence-electron chi connectivity index (χ1n) is 6.01. The highest BCUT2D eigenvalue weighted by molar-refractivity contribution is 5.97. The van der Waals surface area contributed by atoms with Gasteiger partial charge in [0.15, 0.2) is 0 Å². The fraction of sp³-hybridized carbons (Fsp3) is 0.692. The standard InChI is InChI=1S/C13H22N2O2/c1-6-7-8-15-9(2)11(16)14-10(12(15)17)13(3,4)5/h6-7,9-10H,8H2,1-5H3,(H,14,16)/b7-6+. The topological polar surface area (TPSA) is 49.4 Å². The lowest BCUT2D eigenvalue weighted by Crippen LogP contribution is -2.65. The zero-order chi connectivity index (χ0) is 13.2. The summed E-state index contributed by atoms with van der Waals surface area (Å²) >= 11 is 0. The van der Waals surface area contributed by atoms with Crippen molar-refractivity contribution in [1.82, 2.24) is 10.2 Å². The summed E-state index contributed by atoms with van der Waals surface area (Å²) < 4.78 is 0. The van der Waals surface area contributed by atoms with Gasteiger partial charge in [-0.05, 0) is 19.3 Å². The molecule has 1 saturated heterocycles. The lowest BCUT2D eigenvalue weighted by Gasteiger charge is -2.41. The van der Waals surface area contributed by atoms with E-state index in [9.17, 15) is 9.59 Å². The number of carbonyl (C=O) groups is 2. The van der Waals surface area contributed by atoms with Gasteiger partial charge in [0.2, 0.25) is 11.8 Å². The van der Waals surface area contributed by atoms with Gasteiger partial charge in [0.1, 0.15) is 12.1 Å². The molecule has 1 heterocycles. The minimum absolute atomic E-state index is 0.00250. The van der Waals surface area contributed by atoms with E-state index >= 15 is 0 Å². The van der Waals surface area contributed by atoms with Crippen LogP contribution in [0.4, 0.5) is 0 Å². The van der Waals surface area contributed by atoms with Gasteiger partial charge in [-0.25, -0.2) is 0 Å². The Hall–Kier alpha value is -1.32. The number of rotatable bonds is 2. The highest BCUT2D eigenvalue weighted by Crippen LogP contribution is 2.24. The summed E-state index contributed by atoms with van der Waals surface area (Å²) in [6.45, 7) is 10.0. The molecule has 0 bridgehead atoms. The van der Waals surface area contributed by atoms with E-state index in [0.717, 1.165) is 0 Å². The van der Waals surface area contributed by atoms with Crippen LogP contribution in [0.3, 0.4) is 0 Å². The molecule has 2 unspecified atom stereocenters. The highest BCUT2D eigenvalue weighted by Gasteiger charge is 2.42. The number of hydrogen-bond acceptors (Lipinski definition) is 2. The van der Waals surface area contributed by atoms with Crippen LogP contribution < -0.4 is 5.32 Å². The van der Waals surface area contributed by atoms with Crippen molar-refractivity contribution in [2.75, 3.05) is 6.54 Å². The first kappa shape index (κ1) is 13.7. The van der Waals surface area contributed by atoms with E-state index in [1.165, 1.54) is 0 Å². The lowest BCUT2D eigenvalue weighted by molar-refractivity contribution is -0.151. The first-order chi connectivity index (χ1) is 7.79. The third kappa shape index (κ3) is 2.87. The third-order valence-corrected chi connectivity index (χ3v) is 3.07. The summed E-state index contributed by atoms with van der Waals surface area (Å²) in [4.78, 5) is 25.8. The van der Waals surface area contributed by atoms with Crippen LogP contribution in [0.1, 0.15) is 34.6 Å². The number of nitrogens with zero attached hydrogens (tertiary/aromatic N) is 1. The summed E-state index contributed by atoms with van der Waals surface area (Å²) in [7, 11) is 0. The Balaban J connectivity index is 2.95. The molecule has 1 rings (SSSR count). The van der Waals surface area contributed by atoms with Crippen molar-refractivity contribution in [1.29, 1.82) is 0 Å². The number of allylic oxidation sites excluding steroid dienone is 1. The van der Waals surface area contributed by atoms with E-state index in [-0.39, 0.29) is 17.2 Å². The van der Waals surface area contributed by atoms with E-state index in [1.807, 2.05) is 39.8 Å². The molecule has 0 aromatic carbocycles. The predicted molar refractivity (Wildman–Crippen MR) is 67.4 cm³/mol. The second-order valence-electron chi connectivity index (χ2n) is 5.54. The van der Waals surface area contributed by atoms with Crippen molar-refractivity contribution in [3.63, 3.8) is 0 Å². The summed E-state index contributed by atoms with van der Waals surface area (Å²) in [5.41, 5.74) is -0.263. The van der Waals surface area contributed by atoms with Gasteiger partial charge in [-0.3, -0.25) is 9.59 Å². The van der Waals surface area contributed by atoms with Gasteiger partial charge in [-0.2, -0.15) is 0 Å². The van der Waals surface area contributed by atoms with Crippen LogP contribution >= 0.6 is 0 Å². The van der Waals surface area contributed by atoms with E-state index in [4.69, 9.17) is 0 Å². The smallest absolute Gasteiger partial charge is 0.246 e. The molecular weight excluding hydrogens is 216 g/mol. The molecule has 0 spiro atoms. The number of hydrogen-bond donors (Lipinski definition) is 1. The normalized spacial score (nSPS) is 26.5. The molecule has 0 aromatic rings. The zero-order valence-electron chi connectivity index (χ0n) is 11.3. The average Bonchev–Trinajstić information content (AvgIpc) is 2.22. The Bertz CT molecular complexity index is 342. The Morgan fingerprint density at radius 1 is 1.35 bits per heavy atom. The van der Waals surface area contributed by atoms with Gasteiger partial charge >= 0.3 is 0 Å². The van der Waals surface area contributed by atoms with Crippen LogP contribution in [0, 0.1) is 5.41 Å². The Kier molecular flexibility index (Phi) is 3.96. The Morgan fingerprint density at radius 3 is 2.41 bits per heavy atom. The fourth-order valence-corrected chi connectivity index (χ4v) is 1.88. The molecule has 0 radical (unpaired) electrons. The highest BCUT2D eigenvalue weighted by atomic mass is 16.2. The van der Waals surface area contributed by atoms with Crippen LogP contribution in [0.5, 0.6) is 0 Å². The molecule has 0 aliphatic carbocycles. The Morgan fingerprint density at radius 2 is 1.94 bits per heavy atom. The summed E-state index contributed by atoms with van der Waals surface area (Å²) in [5.74, 6) is -0.0725. The maximum atomic E-state index is 12.3. The quantitative estimate of drug-likeness (QED) is 0.738. The van der Waals surface area contributed by atoms with Crippen LogP contribution in [-0.4, -0.2) is 35.3 Å². The number of nitrogens with one attached hydrogen (secondary N) is 1. The van der Waals surface area contributed by atoms with Crippen LogP contribution in [-0.2, 0) is 9.59 Å². The minimum atomic E-state index is -0.434. The second kappa shape index (κ2) is 4.90. The van der Waals surface area contributed by atoms with Gasteiger partial charge in [0.05, 0.1) is 0 Å². The summed E-state index contributed by atoms with van der Waals surface area (Å²) in [5, 5.41) is 2.81. The molecule has 1 fully saturated rings. The van der Waals surface area contributed by atoms with Crippen molar-refractivity contribution >= 4 is 11.8 Å². The van der Waals surface area contributed by atoms with Gasteiger partial charge in [-0.15, -0.1) is 0 Å². The van der Waals surface area contributed by atoms with E-state index in [1.54, 1.807) is 11.8 Å². The summed E-state index contributed by atoms with van der Waals surface area (Å²) in [6.07, 6.45) is 3.78. The third-order valence-electron chi connectivity index (χ3n) is 3.07. The van der Waals surface area contributed by atoms with Crippen molar-refractivity contribution in [3.8, 4) is 0 Å². The number of amides is 2.